The highest BCUT2D eigenvalue weighted by molar-refractivity contribution is 7.19. The summed E-state index contributed by atoms with van der Waals surface area (Å²) in [6, 6.07) is 7.73. The van der Waals surface area contributed by atoms with E-state index >= 15 is 0 Å². The molecule has 102 valence electrons. The number of rotatable bonds is 3. The minimum atomic E-state index is -0.775. The monoisotopic (exact) mass is 289 g/mol. The van der Waals surface area contributed by atoms with E-state index in [-0.39, 0.29) is 0 Å². The summed E-state index contributed by atoms with van der Waals surface area (Å²) in [5, 5.41) is 0.720. The van der Waals surface area contributed by atoms with Crippen LogP contribution in [0.15, 0.2) is 30.3 Å². The van der Waals surface area contributed by atoms with Crippen LogP contribution in [0.2, 0.25) is 0 Å². The van der Waals surface area contributed by atoms with Crippen molar-refractivity contribution in [2.24, 2.45) is 0 Å². The number of cyclic esters (lactones) is 1. The Kier molecular flexibility index (Phi) is 3.47. The summed E-state index contributed by atoms with van der Waals surface area (Å²) in [6.07, 6.45) is 2.51. The largest absolute Gasteiger partial charge is 0.463 e. The highest BCUT2D eigenvalue weighted by atomic mass is 32.1. The highest BCUT2D eigenvalue weighted by Crippen LogP contribution is 2.22. The number of para-hydroxylation sites is 1. The Balaban J connectivity index is 1.67. The summed E-state index contributed by atoms with van der Waals surface area (Å²) in [6.45, 7) is 0.304. The molecule has 1 aliphatic rings. The van der Waals surface area contributed by atoms with Crippen LogP contribution in [-0.2, 0) is 19.1 Å². The van der Waals surface area contributed by atoms with Crippen LogP contribution in [0.5, 0.6) is 0 Å². The van der Waals surface area contributed by atoms with Crippen LogP contribution in [-0.4, -0.2) is 29.6 Å². The molecule has 1 aromatic carbocycles. The zero-order valence-corrected chi connectivity index (χ0v) is 11.3. The average Bonchev–Trinajstić information content (AvgIpc) is 3.03. The van der Waals surface area contributed by atoms with Crippen LogP contribution in [0, 0.1) is 0 Å². The number of carbonyl (C=O) groups excluding carboxylic acids is 2. The Hall–Kier alpha value is -2.21. The molecule has 3 rings (SSSR count). The molecule has 1 atom stereocenters. The van der Waals surface area contributed by atoms with Crippen molar-refractivity contribution >= 4 is 39.6 Å². The van der Waals surface area contributed by atoms with Gasteiger partial charge in [0.05, 0.1) is 16.8 Å². The number of aromatic nitrogens is 1. The SMILES string of the molecule is O=C(/C=C/c1nc2ccccc2s1)O[C@@H]1CCOC1=O. The summed E-state index contributed by atoms with van der Waals surface area (Å²) < 4.78 is 10.8. The lowest BCUT2D eigenvalue weighted by molar-refractivity contribution is -0.156. The van der Waals surface area contributed by atoms with Crippen molar-refractivity contribution in [2.45, 2.75) is 12.5 Å². The number of benzene rings is 1. The van der Waals surface area contributed by atoms with E-state index in [0.717, 1.165) is 15.2 Å². The second-order valence-electron chi connectivity index (χ2n) is 4.23. The third-order valence-corrected chi connectivity index (χ3v) is 3.82. The molecule has 20 heavy (non-hydrogen) atoms. The predicted octanol–water partition coefficient (Wildman–Crippen LogP) is 2.17. The van der Waals surface area contributed by atoms with Crippen LogP contribution in [0.4, 0.5) is 0 Å². The van der Waals surface area contributed by atoms with Crippen LogP contribution in [0.3, 0.4) is 0 Å². The normalized spacial score (nSPS) is 18.6. The molecule has 2 aromatic rings. The number of esters is 2. The summed E-state index contributed by atoms with van der Waals surface area (Å²) in [7, 11) is 0. The molecule has 0 radical (unpaired) electrons. The third-order valence-electron chi connectivity index (χ3n) is 2.82. The van der Waals surface area contributed by atoms with Gasteiger partial charge in [0.2, 0.25) is 6.10 Å². The number of ether oxygens (including phenoxy) is 2. The predicted molar refractivity (Wildman–Crippen MR) is 74.1 cm³/mol. The van der Waals surface area contributed by atoms with Crippen LogP contribution < -0.4 is 0 Å². The van der Waals surface area contributed by atoms with Gasteiger partial charge in [-0.2, -0.15) is 0 Å². The first-order valence-corrected chi connectivity index (χ1v) is 6.95. The first kappa shape index (κ1) is 12.8. The molecule has 1 fully saturated rings. The molecule has 1 aromatic heterocycles. The fourth-order valence-electron chi connectivity index (χ4n) is 1.86. The molecule has 5 nitrogen and oxygen atoms in total. The van der Waals surface area contributed by atoms with Crippen molar-refractivity contribution in [3.63, 3.8) is 0 Å². The maximum absolute atomic E-state index is 11.6. The summed E-state index contributed by atoms with van der Waals surface area (Å²) in [5.41, 5.74) is 0.893. The lowest BCUT2D eigenvalue weighted by Gasteiger charge is -2.04. The highest BCUT2D eigenvalue weighted by Gasteiger charge is 2.29. The molecule has 6 heteroatoms. The van der Waals surface area contributed by atoms with Gasteiger partial charge >= 0.3 is 11.9 Å². The zero-order chi connectivity index (χ0) is 13.9. The second-order valence-corrected chi connectivity index (χ2v) is 5.30. The Morgan fingerprint density at radius 3 is 3.05 bits per heavy atom. The number of carbonyl (C=O) groups is 2. The van der Waals surface area contributed by atoms with E-state index < -0.39 is 18.0 Å². The maximum Gasteiger partial charge on any atom is 0.347 e. The minimum absolute atomic E-state index is 0.304. The summed E-state index contributed by atoms with van der Waals surface area (Å²) >= 11 is 1.49. The summed E-state index contributed by atoms with van der Waals surface area (Å²) in [5.74, 6) is -1.04. The molecule has 0 aliphatic carbocycles. The fraction of sp³-hybridized carbons (Fsp3) is 0.214. The van der Waals surface area contributed by atoms with Gasteiger partial charge in [0.15, 0.2) is 0 Å². The smallest absolute Gasteiger partial charge is 0.347 e. The number of hydrogen-bond acceptors (Lipinski definition) is 6. The average molecular weight is 289 g/mol. The van der Waals surface area contributed by atoms with Crippen molar-refractivity contribution in [3.8, 4) is 0 Å². The quantitative estimate of drug-likeness (QED) is 0.640. The number of hydrogen-bond donors (Lipinski definition) is 0. The molecule has 0 spiro atoms. The van der Waals surface area contributed by atoms with Gasteiger partial charge in [-0.1, -0.05) is 12.1 Å². The van der Waals surface area contributed by atoms with Crippen LogP contribution in [0.25, 0.3) is 16.3 Å². The van der Waals surface area contributed by atoms with Crippen molar-refractivity contribution in [1.82, 2.24) is 4.98 Å². The maximum atomic E-state index is 11.6. The lowest BCUT2D eigenvalue weighted by Crippen LogP contribution is -2.21. The van der Waals surface area contributed by atoms with Gasteiger partial charge in [-0.15, -0.1) is 11.3 Å². The van der Waals surface area contributed by atoms with Crippen molar-refractivity contribution in [1.29, 1.82) is 0 Å². The van der Waals surface area contributed by atoms with Gasteiger partial charge in [-0.25, -0.2) is 14.6 Å². The second kappa shape index (κ2) is 5.42. The van der Waals surface area contributed by atoms with Gasteiger partial charge in [-0.05, 0) is 18.2 Å². The molecular formula is C14H11NO4S. The van der Waals surface area contributed by atoms with Crippen molar-refractivity contribution in [2.75, 3.05) is 6.61 Å². The molecule has 0 unspecified atom stereocenters. The first-order chi connectivity index (χ1) is 9.72. The molecule has 2 heterocycles. The van der Waals surface area contributed by atoms with E-state index in [9.17, 15) is 9.59 Å². The van der Waals surface area contributed by atoms with E-state index in [1.54, 1.807) is 6.08 Å². The van der Waals surface area contributed by atoms with E-state index in [1.165, 1.54) is 17.4 Å². The molecule has 0 bridgehead atoms. The van der Waals surface area contributed by atoms with Gasteiger partial charge in [-0.3, -0.25) is 0 Å². The number of nitrogens with zero attached hydrogens (tertiary/aromatic N) is 1. The Labute approximate surface area is 118 Å². The van der Waals surface area contributed by atoms with Crippen LogP contribution in [0.1, 0.15) is 11.4 Å². The zero-order valence-electron chi connectivity index (χ0n) is 10.4. The molecule has 0 saturated carbocycles. The van der Waals surface area contributed by atoms with Crippen molar-refractivity contribution < 1.29 is 19.1 Å². The standard InChI is InChI=1S/C14H11NO4S/c16-13(19-10-7-8-18-14(10)17)6-5-12-15-9-3-1-2-4-11(9)20-12/h1-6,10H,7-8H2/b6-5+/t10-/m1/s1. The van der Waals surface area contributed by atoms with Gasteiger partial charge in [0.25, 0.3) is 0 Å². The van der Waals surface area contributed by atoms with Crippen LogP contribution >= 0.6 is 11.3 Å². The van der Waals surface area contributed by atoms with E-state index in [0.29, 0.717) is 13.0 Å². The van der Waals surface area contributed by atoms with Gasteiger partial charge in [0.1, 0.15) is 5.01 Å². The molecule has 0 N–H and O–H groups in total. The Morgan fingerprint density at radius 2 is 2.30 bits per heavy atom. The molecule has 1 aliphatic heterocycles. The molecular weight excluding hydrogens is 278 g/mol. The van der Waals surface area contributed by atoms with E-state index in [4.69, 9.17) is 9.47 Å². The molecule has 0 amide bonds. The van der Waals surface area contributed by atoms with Gasteiger partial charge < -0.3 is 9.47 Å². The fourth-order valence-corrected chi connectivity index (χ4v) is 2.73. The first-order valence-electron chi connectivity index (χ1n) is 6.13. The Bertz CT molecular complexity index is 658. The molecule has 1 saturated heterocycles. The van der Waals surface area contributed by atoms with Gasteiger partial charge in [0, 0.05) is 12.5 Å². The van der Waals surface area contributed by atoms with Crippen molar-refractivity contribution in [3.05, 3.63) is 35.3 Å². The summed E-state index contributed by atoms with van der Waals surface area (Å²) in [4.78, 5) is 27.1. The topological polar surface area (TPSA) is 65.5 Å². The third kappa shape index (κ3) is 2.70. The Morgan fingerprint density at radius 1 is 1.45 bits per heavy atom. The number of fused-ring (bicyclic) bond motifs is 1. The number of thiazole rings is 1. The minimum Gasteiger partial charge on any atom is -0.463 e. The van der Waals surface area contributed by atoms with E-state index in [2.05, 4.69) is 4.98 Å². The van der Waals surface area contributed by atoms with E-state index in [1.807, 2.05) is 24.3 Å². The lowest BCUT2D eigenvalue weighted by atomic mass is 10.3.